The zero-order valence-electron chi connectivity index (χ0n) is 11.9. The molecule has 1 fully saturated rings. The number of hydrogen-bond donors (Lipinski definition) is 2. The summed E-state index contributed by atoms with van der Waals surface area (Å²) in [4.78, 5) is 0. The molecule has 1 saturated carbocycles. The van der Waals surface area contributed by atoms with Gasteiger partial charge in [-0.2, -0.15) is 5.26 Å². The Balaban J connectivity index is 1.68. The summed E-state index contributed by atoms with van der Waals surface area (Å²) in [7, 11) is 0. The zero-order chi connectivity index (χ0) is 14.4. The van der Waals surface area contributed by atoms with E-state index in [-0.39, 0.29) is 6.61 Å². The second-order valence-corrected chi connectivity index (χ2v) is 5.56. The van der Waals surface area contributed by atoms with Gasteiger partial charge in [0.2, 0.25) is 0 Å². The molecule has 1 aromatic carbocycles. The highest BCUT2D eigenvalue weighted by molar-refractivity contribution is 5.42. The fourth-order valence-electron chi connectivity index (χ4n) is 2.20. The maximum absolute atomic E-state index is 9.90. The second kappa shape index (κ2) is 7.28. The van der Waals surface area contributed by atoms with Crippen molar-refractivity contribution in [3.63, 3.8) is 0 Å². The van der Waals surface area contributed by atoms with Crippen molar-refractivity contribution in [2.45, 2.75) is 38.3 Å². The first kappa shape index (κ1) is 14.8. The Labute approximate surface area is 120 Å². The van der Waals surface area contributed by atoms with Crippen LogP contribution in [-0.4, -0.2) is 30.4 Å². The van der Waals surface area contributed by atoms with E-state index in [4.69, 9.17) is 10.00 Å². The Kier molecular flexibility index (Phi) is 5.40. The van der Waals surface area contributed by atoms with Crippen molar-refractivity contribution in [1.82, 2.24) is 5.32 Å². The summed E-state index contributed by atoms with van der Waals surface area (Å²) >= 11 is 0. The fourth-order valence-corrected chi connectivity index (χ4v) is 2.20. The van der Waals surface area contributed by atoms with Crippen LogP contribution < -0.4 is 10.1 Å². The van der Waals surface area contributed by atoms with E-state index in [2.05, 4.69) is 18.3 Å². The topological polar surface area (TPSA) is 65.3 Å². The quantitative estimate of drug-likeness (QED) is 0.761. The molecule has 1 aliphatic carbocycles. The van der Waals surface area contributed by atoms with Gasteiger partial charge >= 0.3 is 0 Å². The van der Waals surface area contributed by atoms with Crippen LogP contribution in [0.5, 0.6) is 5.75 Å². The van der Waals surface area contributed by atoms with Crippen molar-refractivity contribution in [3.05, 3.63) is 29.8 Å². The summed E-state index contributed by atoms with van der Waals surface area (Å²) < 4.78 is 5.50. The van der Waals surface area contributed by atoms with E-state index in [0.717, 1.165) is 5.92 Å². The molecule has 0 amide bonds. The number of hydrogen-bond acceptors (Lipinski definition) is 4. The van der Waals surface area contributed by atoms with Crippen LogP contribution in [0.3, 0.4) is 0 Å². The summed E-state index contributed by atoms with van der Waals surface area (Å²) in [5, 5.41) is 22.2. The SMILES string of the molecule is CC(CC1CC1)NCC(O)COc1ccccc1C#N. The van der Waals surface area contributed by atoms with Crippen LogP contribution in [0.15, 0.2) is 24.3 Å². The van der Waals surface area contributed by atoms with Crippen LogP contribution in [0, 0.1) is 17.2 Å². The molecule has 2 rings (SSSR count). The van der Waals surface area contributed by atoms with E-state index in [1.54, 1.807) is 18.2 Å². The molecule has 20 heavy (non-hydrogen) atoms. The molecule has 0 aromatic heterocycles. The van der Waals surface area contributed by atoms with E-state index in [1.165, 1.54) is 19.3 Å². The van der Waals surface area contributed by atoms with Crippen molar-refractivity contribution in [2.24, 2.45) is 5.92 Å². The lowest BCUT2D eigenvalue weighted by molar-refractivity contribution is 0.103. The number of benzene rings is 1. The van der Waals surface area contributed by atoms with Crippen molar-refractivity contribution < 1.29 is 9.84 Å². The minimum absolute atomic E-state index is 0.196. The minimum atomic E-state index is -0.566. The van der Waals surface area contributed by atoms with Crippen molar-refractivity contribution in [2.75, 3.05) is 13.2 Å². The smallest absolute Gasteiger partial charge is 0.137 e. The Bertz CT molecular complexity index is 466. The van der Waals surface area contributed by atoms with Crippen LogP contribution in [0.2, 0.25) is 0 Å². The molecule has 4 heteroatoms. The monoisotopic (exact) mass is 274 g/mol. The Morgan fingerprint density at radius 3 is 2.90 bits per heavy atom. The predicted octanol–water partition coefficient (Wildman–Crippen LogP) is 2.08. The molecule has 2 N–H and O–H groups in total. The van der Waals surface area contributed by atoms with E-state index in [1.807, 2.05) is 6.07 Å². The molecule has 0 bridgehead atoms. The van der Waals surface area contributed by atoms with E-state index < -0.39 is 6.10 Å². The molecule has 0 radical (unpaired) electrons. The summed E-state index contributed by atoms with van der Waals surface area (Å²) in [5.41, 5.74) is 0.495. The highest BCUT2D eigenvalue weighted by Crippen LogP contribution is 2.33. The third kappa shape index (κ3) is 4.84. The first-order valence-electron chi connectivity index (χ1n) is 7.22. The standard InChI is InChI=1S/C16H22N2O2/c1-12(8-13-6-7-13)18-10-15(19)11-20-16-5-3-2-4-14(16)9-17/h2-5,12-13,15,18-19H,6-8,10-11H2,1H3. The summed E-state index contributed by atoms with van der Waals surface area (Å²) in [6, 6.07) is 9.57. The first-order valence-corrected chi connectivity index (χ1v) is 7.22. The molecular weight excluding hydrogens is 252 g/mol. The highest BCUT2D eigenvalue weighted by atomic mass is 16.5. The van der Waals surface area contributed by atoms with E-state index in [0.29, 0.717) is 23.9 Å². The lowest BCUT2D eigenvalue weighted by Crippen LogP contribution is -2.36. The molecule has 1 aromatic rings. The van der Waals surface area contributed by atoms with Crippen molar-refractivity contribution in [1.29, 1.82) is 5.26 Å². The van der Waals surface area contributed by atoms with Gasteiger partial charge in [-0.3, -0.25) is 0 Å². The molecule has 2 unspecified atom stereocenters. The maximum atomic E-state index is 9.90. The van der Waals surface area contributed by atoms with Gasteiger partial charge in [0, 0.05) is 12.6 Å². The molecule has 108 valence electrons. The first-order chi connectivity index (χ1) is 9.69. The highest BCUT2D eigenvalue weighted by Gasteiger charge is 2.23. The third-order valence-corrected chi connectivity index (χ3v) is 3.52. The number of aliphatic hydroxyl groups is 1. The van der Waals surface area contributed by atoms with Crippen LogP contribution in [0.1, 0.15) is 31.7 Å². The van der Waals surface area contributed by atoms with Crippen LogP contribution in [0.25, 0.3) is 0 Å². The van der Waals surface area contributed by atoms with Gasteiger partial charge in [-0.1, -0.05) is 25.0 Å². The largest absolute Gasteiger partial charge is 0.489 e. The van der Waals surface area contributed by atoms with E-state index >= 15 is 0 Å². The number of rotatable bonds is 8. The molecule has 1 aliphatic rings. The summed E-state index contributed by atoms with van der Waals surface area (Å²) in [6.45, 7) is 2.86. The fraction of sp³-hybridized carbons (Fsp3) is 0.562. The van der Waals surface area contributed by atoms with Gasteiger partial charge in [0.05, 0.1) is 5.56 Å². The predicted molar refractivity (Wildman–Crippen MR) is 77.5 cm³/mol. The minimum Gasteiger partial charge on any atom is -0.489 e. The molecule has 0 heterocycles. The number of aliphatic hydroxyl groups excluding tert-OH is 1. The van der Waals surface area contributed by atoms with Gasteiger partial charge < -0.3 is 15.2 Å². The lowest BCUT2D eigenvalue weighted by atomic mass is 10.1. The van der Waals surface area contributed by atoms with Crippen molar-refractivity contribution >= 4 is 0 Å². The van der Waals surface area contributed by atoms with Gasteiger partial charge in [-0.15, -0.1) is 0 Å². The van der Waals surface area contributed by atoms with Gasteiger partial charge in [-0.25, -0.2) is 0 Å². The number of nitriles is 1. The Hall–Kier alpha value is -1.57. The number of nitrogens with zero attached hydrogens (tertiary/aromatic N) is 1. The average Bonchev–Trinajstić information content (AvgIpc) is 3.27. The van der Waals surface area contributed by atoms with Crippen LogP contribution in [0.4, 0.5) is 0 Å². The lowest BCUT2D eigenvalue weighted by Gasteiger charge is -2.17. The molecule has 0 aliphatic heterocycles. The number of nitrogens with one attached hydrogen (secondary N) is 1. The maximum Gasteiger partial charge on any atom is 0.137 e. The molecular formula is C16H22N2O2. The number of ether oxygens (including phenoxy) is 1. The summed E-state index contributed by atoms with van der Waals surface area (Å²) in [5.74, 6) is 1.41. The average molecular weight is 274 g/mol. The van der Waals surface area contributed by atoms with Crippen LogP contribution >= 0.6 is 0 Å². The van der Waals surface area contributed by atoms with Crippen molar-refractivity contribution in [3.8, 4) is 11.8 Å². The third-order valence-electron chi connectivity index (χ3n) is 3.52. The summed E-state index contributed by atoms with van der Waals surface area (Å²) in [6.07, 6.45) is 3.32. The Morgan fingerprint density at radius 1 is 1.45 bits per heavy atom. The molecule has 0 spiro atoms. The van der Waals surface area contributed by atoms with Crippen LogP contribution in [-0.2, 0) is 0 Å². The molecule has 4 nitrogen and oxygen atoms in total. The van der Waals surface area contributed by atoms with Gasteiger partial charge in [0.25, 0.3) is 0 Å². The van der Waals surface area contributed by atoms with E-state index in [9.17, 15) is 5.11 Å². The Morgan fingerprint density at radius 2 is 2.20 bits per heavy atom. The van der Waals surface area contributed by atoms with Gasteiger partial charge in [-0.05, 0) is 31.4 Å². The van der Waals surface area contributed by atoms with Gasteiger partial charge in [0.15, 0.2) is 0 Å². The normalized spacial score (nSPS) is 17.2. The zero-order valence-corrected chi connectivity index (χ0v) is 11.9. The second-order valence-electron chi connectivity index (χ2n) is 5.56. The van der Waals surface area contributed by atoms with Gasteiger partial charge in [0.1, 0.15) is 24.5 Å². The number of para-hydroxylation sites is 1. The molecule has 0 saturated heterocycles. The molecule has 2 atom stereocenters.